The number of hydrogen-bond donors (Lipinski definition) is 1. The van der Waals surface area contributed by atoms with E-state index < -0.39 is 0 Å². The zero-order chi connectivity index (χ0) is 15.0. The molecule has 0 spiro atoms. The van der Waals surface area contributed by atoms with Gasteiger partial charge in [-0.2, -0.15) is 5.10 Å². The predicted molar refractivity (Wildman–Crippen MR) is 82.6 cm³/mol. The maximum Gasteiger partial charge on any atom is 0.138 e. The topological polar surface area (TPSA) is 60.9 Å². The summed E-state index contributed by atoms with van der Waals surface area (Å²) in [5.41, 5.74) is 6.42. The van der Waals surface area contributed by atoms with Gasteiger partial charge in [0.1, 0.15) is 5.78 Å². The van der Waals surface area contributed by atoms with Gasteiger partial charge in [0, 0.05) is 12.6 Å². The Bertz CT molecular complexity index is 396. The largest absolute Gasteiger partial charge is 0.330 e. The quantitative estimate of drug-likeness (QED) is 0.716. The highest BCUT2D eigenvalue weighted by Gasteiger charge is 2.11. The minimum Gasteiger partial charge on any atom is -0.330 e. The van der Waals surface area contributed by atoms with Crippen LogP contribution in [0.15, 0.2) is 12.3 Å². The molecule has 4 nitrogen and oxygen atoms in total. The molecule has 0 bridgehead atoms. The van der Waals surface area contributed by atoms with E-state index in [0.29, 0.717) is 31.3 Å². The van der Waals surface area contributed by atoms with Crippen molar-refractivity contribution in [2.24, 2.45) is 11.7 Å². The standard InChI is InChI=1S/C16H29N3O/c1-4-15(5-2)19-11-9-14(18-19)12-16(20)7-6-13(3)8-10-17/h9,11,13,15H,4-8,10,12,17H2,1-3H3. The Morgan fingerprint density at radius 2 is 2.05 bits per heavy atom. The molecule has 0 aliphatic heterocycles. The van der Waals surface area contributed by atoms with Crippen LogP contribution in [-0.2, 0) is 11.2 Å². The van der Waals surface area contributed by atoms with Gasteiger partial charge in [0.05, 0.1) is 18.2 Å². The summed E-state index contributed by atoms with van der Waals surface area (Å²) in [6.07, 6.45) is 7.17. The van der Waals surface area contributed by atoms with Gasteiger partial charge >= 0.3 is 0 Å². The summed E-state index contributed by atoms with van der Waals surface area (Å²) < 4.78 is 2.00. The van der Waals surface area contributed by atoms with Crippen molar-refractivity contribution in [3.8, 4) is 0 Å². The van der Waals surface area contributed by atoms with Crippen molar-refractivity contribution in [2.45, 2.75) is 65.3 Å². The third kappa shape index (κ3) is 5.45. The first kappa shape index (κ1) is 16.9. The number of nitrogens with two attached hydrogens (primary N) is 1. The third-order valence-corrected chi connectivity index (χ3v) is 3.93. The number of carbonyl (C=O) groups is 1. The van der Waals surface area contributed by atoms with Crippen LogP contribution in [0.3, 0.4) is 0 Å². The number of rotatable bonds is 10. The van der Waals surface area contributed by atoms with Crippen molar-refractivity contribution in [3.63, 3.8) is 0 Å². The minimum absolute atomic E-state index is 0.281. The molecule has 0 aliphatic carbocycles. The molecule has 0 aliphatic rings. The van der Waals surface area contributed by atoms with Gasteiger partial charge in [-0.05, 0) is 44.2 Å². The van der Waals surface area contributed by atoms with Gasteiger partial charge in [0.2, 0.25) is 0 Å². The van der Waals surface area contributed by atoms with Crippen LogP contribution in [0.4, 0.5) is 0 Å². The number of Topliss-reactive ketones (excluding diaryl/α,β-unsaturated/α-hetero) is 1. The Balaban J connectivity index is 2.42. The van der Waals surface area contributed by atoms with Crippen LogP contribution >= 0.6 is 0 Å². The summed E-state index contributed by atoms with van der Waals surface area (Å²) in [4.78, 5) is 12.0. The molecule has 1 heterocycles. The van der Waals surface area contributed by atoms with Crippen LogP contribution in [0, 0.1) is 5.92 Å². The lowest BCUT2D eigenvalue weighted by Crippen LogP contribution is -2.11. The molecule has 1 atom stereocenters. The lowest BCUT2D eigenvalue weighted by molar-refractivity contribution is -0.118. The van der Waals surface area contributed by atoms with Gasteiger partial charge in [-0.25, -0.2) is 0 Å². The lowest BCUT2D eigenvalue weighted by atomic mass is 9.99. The molecule has 1 aromatic rings. The third-order valence-electron chi connectivity index (χ3n) is 3.93. The molecular formula is C16H29N3O. The fourth-order valence-electron chi connectivity index (χ4n) is 2.46. The first-order valence-corrected chi connectivity index (χ1v) is 7.86. The van der Waals surface area contributed by atoms with Crippen molar-refractivity contribution in [1.29, 1.82) is 0 Å². The zero-order valence-corrected chi connectivity index (χ0v) is 13.1. The average molecular weight is 279 g/mol. The van der Waals surface area contributed by atoms with Crippen molar-refractivity contribution < 1.29 is 4.79 Å². The average Bonchev–Trinajstić information content (AvgIpc) is 2.87. The van der Waals surface area contributed by atoms with Gasteiger partial charge < -0.3 is 5.73 Å². The lowest BCUT2D eigenvalue weighted by Gasteiger charge is -2.12. The molecule has 1 rings (SSSR count). The molecule has 0 radical (unpaired) electrons. The van der Waals surface area contributed by atoms with Crippen molar-refractivity contribution in [1.82, 2.24) is 9.78 Å². The normalized spacial score (nSPS) is 12.8. The van der Waals surface area contributed by atoms with Crippen LogP contribution in [0.5, 0.6) is 0 Å². The highest BCUT2D eigenvalue weighted by atomic mass is 16.1. The Morgan fingerprint density at radius 3 is 2.65 bits per heavy atom. The summed E-state index contributed by atoms with van der Waals surface area (Å²) in [6.45, 7) is 7.19. The predicted octanol–water partition coefficient (Wildman–Crippen LogP) is 3.12. The van der Waals surface area contributed by atoms with Crippen LogP contribution < -0.4 is 5.73 Å². The smallest absolute Gasteiger partial charge is 0.138 e. The van der Waals surface area contributed by atoms with Crippen molar-refractivity contribution >= 4 is 5.78 Å². The maximum absolute atomic E-state index is 12.0. The van der Waals surface area contributed by atoms with E-state index >= 15 is 0 Å². The highest BCUT2D eigenvalue weighted by Crippen LogP contribution is 2.15. The Kier molecular flexibility index (Phi) is 7.52. The number of ketones is 1. The van der Waals surface area contributed by atoms with Crippen LogP contribution in [0.2, 0.25) is 0 Å². The molecule has 0 aromatic carbocycles. The molecule has 114 valence electrons. The van der Waals surface area contributed by atoms with Crippen LogP contribution in [0.25, 0.3) is 0 Å². The Labute approximate surface area is 122 Å². The fraction of sp³-hybridized carbons (Fsp3) is 0.750. The van der Waals surface area contributed by atoms with Crippen LogP contribution in [0.1, 0.15) is 64.6 Å². The molecular weight excluding hydrogens is 250 g/mol. The summed E-state index contributed by atoms with van der Waals surface area (Å²) in [6, 6.07) is 2.42. The molecule has 1 unspecified atom stereocenters. The summed E-state index contributed by atoms with van der Waals surface area (Å²) in [5, 5.41) is 4.53. The van der Waals surface area contributed by atoms with E-state index in [1.807, 2.05) is 16.9 Å². The molecule has 0 amide bonds. The van der Waals surface area contributed by atoms with Gasteiger partial charge in [-0.3, -0.25) is 9.48 Å². The van der Waals surface area contributed by atoms with Gasteiger partial charge in [0.25, 0.3) is 0 Å². The number of hydrogen-bond acceptors (Lipinski definition) is 3. The van der Waals surface area contributed by atoms with Gasteiger partial charge in [0.15, 0.2) is 0 Å². The first-order chi connectivity index (χ1) is 9.60. The fourth-order valence-corrected chi connectivity index (χ4v) is 2.46. The minimum atomic E-state index is 0.281. The highest BCUT2D eigenvalue weighted by molar-refractivity contribution is 5.80. The molecule has 2 N–H and O–H groups in total. The van der Waals surface area contributed by atoms with E-state index in [4.69, 9.17) is 5.73 Å². The molecule has 0 saturated heterocycles. The van der Waals surface area contributed by atoms with Crippen molar-refractivity contribution in [3.05, 3.63) is 18.0 Å². The number of aromatic nitrogens is 2. The molecule has 20 heavy (non-hydrogen) atoms. The Morgan fingerprint density at radius 1 is 1.35 bits per heavy atom. The summed E-state index contributed by atoms with van der Waals surface area (Å²) in [7, 11) is 0. The van der Waals surface area contributed by atoms with E-state index in [1.54, 1.807) is 0 Å². The molecule has 4 heteroatoms. The summed E-state index contributed by atoms with van der Waals surface area (Å²) >= 11 is 0. The monoisotopic (exact) mass is 279 g/mol. The van der Waals surface area contributed by atoms with E-state index in [2.05, 4.69) is 25.9 Å². The van der Waals surface area contributed by atoms with Crippen LogP contribution in [-0.4, -0.2) is 22.1 Å². The molecule has 0 fully saturated rings. The van der Waals surface area contributed by atoms with E-state index in [1.165, 1.54) is 0 Å². The zero-order valence-electron chi connectivity index (χ0n) is 13.1. The first-order valence-electron chi connectivity index (χ1n) is 7.86. The van der Waals surface area contributed by atoms with E-state index in [9.17, 15) is 4.79 Å². The molecule has 0 saturated carbocycles. The number of nitrogens with zero attached hydrogens (tertiary/aromatic N) is 2. The van der Waals surface area contributed by atoms with Crippen molar-refractivity contribution in [2.75, 3.05) is 6.54 Å². The Hall–Kier alpha value is -1.16. The molecule has 1 aromatic heterocycles. The number of carbonyl (C=O) groups excluding carboxylic acids is 1. The van der Waals surface area contributed by atoms with E-state index in [0.717, 1.165) is 31.4 Å². The van der Waals surface area contributed by atoms with Gasteiger partial charge in [-0.15, -0.1) is 0 Å². The van der Waals surface area contributed by atoms with Gasteiger partial charge in [-0.1, -0.05) is 20.8 Å². The van der Waals surface area contributed by atoms with E-state index in [-0.39, 0.29) is 5.78 Å². The summed E-state index contributed by atoms with van der Waals surface area (Å²) in [5.74, 6) is 0.815. The maximum atomic E-state index is 12.0. The second-order valence-corrected chi connectivity index (χ2v) is 5.69. The second-order valence-electron chi connectivity index (χ2n) is 5.69. The second kappa shape index (κ2) is 8.90. The SMILES string of the molecule is CCC(CC)n1ccc(CC(=O)CCC(C)CCN)n1.